The number of carbonyl (C=O) groups excluding carboxylic acids is 3. The van der Waals surface area contributed by atoms with Crippen LogP contribution in [0.5, 0.6) is 0 Å². The van der Waals surface area contributed by atoms with E-state index < -0.39 is 6.04 Å². The zero-order chi connectivity index (χ0) is 24.2. The quantitative estimate of drug-likeness (QED) is 0.693. The van der Waals surface area contributed by atoms with Crippen molar-refractivity contribution in [3.63, 3.8) is 0 Å². The third-order valence-corrected chi connectivity index (χ3v) is 8.34. The highest BCUT2D eigenvalue weighted by Gasteiger charge is 2.46. The van der Waals surface area contributed by atoms with Crippen molar-refractivity contribution in [2.24, 2.45) is 0 Å². The van der Waals surface area contributed by atoms with E-state index in [2.05, 4.69) is 27.7 Å². The summed E-state index contributed by atoms with van der Waals surface area (Å²) >= 11 is 0. The number of amides is 4. The van der Waals surface area contributed by atoms with E-state index >= 15 is 0 Å². The van der Waals surface area contributed by atoms with Crippen LogP contribution in [0, 0.1) is 0 Å². The number of hydrogen-bond acceptors (Lipinski definition) is 4. The number of nitrogens with zero attached hydrogens (tertiary/aromatic N) is 3. The van der Waals surface area contributed by atoms with Crippen molar-refractivity contribution in [1.29, 1.82) is 0 Å². The van der Waals surface area contributed by atoms with Crippen LogP contribution in [-0.4, -0.2) is 78.0 Å². The Bertz CT molecular complexity index is 895. The minimum Gasteiger partial charge on any atom is -0.368 e. The van der Waals surface area contributed by atoms with Crippen molar-refractivity contribution in [2.45, 2.75) is 88.4 Å². The maximum atomic E-state index is 13.5. The molecule has 1 aromatic carbocycles. The molecule has 8 heteroatoms. The first-order chi connectivity index (χ1) is 17.1. The molecule has 0 bridgehead atoms. The molecule has 0 unspecified atom stereocenters. The van der Waals surface area contributed by atoms with Gasteiger partial charge >= 0.3 is 6.03 Å². The number of piperazine rings is 2. The molecule has 4 fully saturated rings. The lowest BCUT2D eigenvalue weighted by Gasteiger charge is -2.48. The van der Waals surface area contributed by atoms with E-state index in [-0.39, 0.29) is 42.4 Å². The van der Waals surface area contributed by atoms with E-state index in [0.29, 0.717) is 13.1 Å². The summed E-state index contributed by atoms with van der Waals surface area (Å²) in [7, 11) is 0. The number of benzene rings is 1. The topological polar surface area (TPSA) is 85.0 Å². The minimum absolute atomic E-state index is 0.00544. The summed E-state index contributed by atoms with van der Waals surface area (Å²) in [5, 5.41) is 6.38. The zero-order valence-electron chi connectivity index (χ0n) is 20.7. The van der Waals surface area contributed by atoms with Crippen LogP contribution in [0.4, 0.5) is 10.5 Å². The number of hydrogen-bond donors (Lipinski definition) is 2. The van der Waals surface area contributed by atoms with Crippen molar-refractivity contribution in [1.82, 2.24) is 20.4 Å². The number of anilines is 1. The molecule has 2 heterocycles. The summed E-state index contributed by atoms with van der Waals surface area (Å²) in [6.07, 6.45) is 9.42. The van der Waals surface area contributed by atoms with Gasteiger partial charge in [-0.1, -0.05) is 50.3 Å². The Morgan fingerprint density at radius 3 is 2.31 bits per heavy atom. The first-order valence-electron chi connectivity index (χ1n) is 13.6. The molecule has 0 aromatic heterocycles. The van der Waals surface area contributed by atoms with E-state index in [0.717, 1.165) is 64.5 Å². The molecular weight excluding hydrogens is 442 g/mol. The Morgan fingerprint density at radius 1 is 0.886 bits per heavy atom. The van der Waals surface area contributed by atoms with E-state index in [4.69, 9.17) is 0 Å². The molecule has 0 spiro atoms. The van der Waals surface area contributed by atoms with Crippen molar-refractivity contribution >= 4 is 23.5 Å². The maximum absolute atomic E-state index is 13.5. The molecule has 2 saturated carbocycles. The molecule has 4 aliphatic rings. The number of nitrogens with one attached hydrogen (secondary N) is 2. The molecule has 2 aliphatic carbocycles. The second kappa shape index (κ2) is 10.9. The van der Waals surface area contributed by atoms with E-state index in [9.17, 15) is 14.4 Å². The Hall–Kier alpha value is -2.77. The van der Waals surface area contributed by atoms with Crippen LogP contribution < -0.4 is 15.5 Å². The Morgan fingerprint density at radius 2 is 1.57 bits per heavy atom. The van der Waals surface area contributed by atoms with Gasteiger partial charge in [0.05, 0.1) is 12.5 Å². The van der Waals surface area contributed by atoms with Gasteiger partial charge in [0.25, 0.3) is 0 Å². The number of para-hydroxylation sites is 1. The van der Waals surface area contributed by atoms with Crippen molar-refractivity contribution in [2.75, 3.05) is 31.1 Å². The lowest BCUT2D eigenvalue weighted by Crippen LogP contribution is -2.70. The van der Waals surface area contributed by atoms with Crippen LogP contribution in [0.25, 0.3) is 0 Å². The molecule has 35 heavy (non-hydrogen) atoms. The van der Waals surface area contributed by atoms with Gasteiger partial charge in [-0.15, -0.1) is 0 Å². The average molecular weight is 482 g/mol. The minimum atomic E-state index is -0.738. The summed E-state index contributed by atoms with van der Waals surface area (Å²) in [6.45, 7) is 2.79. The number of rotatable bonds is 4. The summed E-state index contributed by atoms with van der Waals surface area (Å²) < 4.78 is 0. The summed E-state index contributed by atoms with van der Waals surface area (Å²) in [5.41, 5.74) is 1.17. The molecule has 2 saturated heterocycles. The largest absolute Gasteiger partial charge is 0.368 e. The van der Waals surface area contributed by atoms with Gasteiger partial charge in [-0.25, -0.2) is 4.79 Å². The second-order valence-corrected chi connectivity index (χ2v) is 10.6. The van der Waals surface area contributed by atoms with Gasteiger partial charge in [0.1, 0.15) is 6.04 Å². The third-order valence-electron chi connectivity index (χ3n) is 8.34. The number of urea groups is 1. The van der Waals surface area contributed by atoms with Crippen LogP contribution >= 0.6 is 0 Å². The molecule has 0 radical (unpaired) electrons. The van der Waals surface area contributed by atoms with E-state index in [1.165, 1.54) is 12.1 Å². The highest BCUT2D eigenvalue weighted by molar-refractivity contribution is 5.93. The van der Waals surface area contributed by atoms with Crippen LogP contribution in [0.3, 0.4) is 0 Å². The summed E-state index contributed by atoms with van der Waals surface area (Å²) in [6, 6.07) is 9.48. The standard InChI is InChI=1S/C27H39N5O3/c33-25(31-17-15-30(16-18-31)21-11-5-2-6-12-21)19-24-26(34)29-22-13-7-8-14-23(22)32(24)27(35)28-20-9-3-1-4-10-20/h2,5-6,11-12,20,22-24H,1,3-4,7-10,13-19H2,(H,28,35)(H,29,34)/t22-,23+,24-/m1/s1. The number of carbonyl (C=O) groups is 3. The number of fused-ring (bicyclic) bond motifs is 1. The first kappa shape index (κ1) is 23.9. The van der Waals surface area contributed by atoms with Crippen LogP contribution in [-0.2, 0) is 9.59 Å². The van der Waals surface area contributed by atoms with Crippen LogP contribution in [0.1, 0.15) is 64.2 Å². The highest BCUT2D eigenvalue weighted by atomic mass is 16.2. The fourth-order valence-electron chi connectivity index (χ4n) is 6.38. The van der Waals surface area contributed by atoms with Crippen molar-refractivity contribution < 1.29 is 14.4 Å². The van der Waals surface area contributed by atoms with Crippen LogP contribution in [0.2, 0.25) is 0 Å². The smallest absolute Gasteiger partial charge is 0.318 e. The van der Waals surface area contributed by atoms with E-state index in [1.54, 1.807) is 4.90 Å². The summed E-state index contributed by atoms with van der Waals surface area (Å²) in [5.74, 6) is -0.217. The van der Waals surface area contributed by atoms with E-state index in [1.807, 2.05) is 23.1 Å². The molecule has 190 valence electrons. The fourth-order valence-corrected chi connectivity index (χ4v) is 6.38. The SMILES string of the molecule is O=C1N[C@@H]2CCCC[C@@H]2N(C(=O)NC2CCCCC2)[C@@H]1CC(=O)N1CCN(c2ccccc2)CC1. The van der Waals surface area contributed by atoms with Gasteiger partial charge < -0.3 is 25.3 Å². The fraction of sp³-hybridized carbons (Fsp3) is 0.667. The molecule has 5 rings (SSSR count). The molecule has 4 amide bonds. The normalized spacial score (nSPS) is 27.7. The summed E-state index contributed by atoms with van der Waals surface area (Å²) in [4.78, 5) is 46.0. The Kier molecular flexibility index (Phi) is 7.44. The van der Waals surface area contributed by atoms with Crippen molar-refractivity contribution in [3.05, 3.63) is 30.3 Å². The Balaban J connectivity index is 1.25. The van der Waals surface area contributed by atoms with Gasteiger partial charge in [0.2, 0.25) is 11.8 Å². The van der Waals surface area contributed by atoms with Gasteiger partial charge in [-0.05, 0) is 37.8 Å². The first-order valence-corrected chi connectivity index (χ1v) is 13.6. The van der Waals surface area contributed by atoms with Gasteiger partial charge in [0, 0.05) is 44.0 Å². The molecule has 3 atom stereocenters. The zero-order valence-corrected chi connectivity index (χ0v) is 20.7. The third kappa shape index (κ3) is 5.41. The predicted molar refractivity (Wildman–Crippen MR) is 135 cm³/mol. The molecular formula is C27H39N5O3. The van der Waals surface area contributed by atoms with Crippen LogP contribution in [0.15, 0.2) is 30.3 Å². The molecule has 8 nitrogen and oxygen atoms in total. The average Bonchev–Trinajstić information content (AvgIpc) is 2.90. The monoisotopic (exact) mass is 481 g/mol. The molecule has 2 aliphatic heterocycles. The molecule has 1 aromatic rings. The van der Waals surface area contributed by atoms with Gasteiger partial charge in [-0.2, -0.15) is 0 Å². The lowest BCUT2D eigenvalue weighted by molar-refractivity contribution is -0.140. The van der Waals surface area contributed by atoms with Crippen molar-refractivity contribution in [3.8, 4) is 0 Å². The second-order valence-electron chi connectivity index (χ2n) is 10.6. The molecule has 2 N–H and O–H groups in total. The lowest BCUT2D eigenvalue weighted by atomic mass is 9.85. The maximum Gasteiger partial charge on any atom is 0.318 e. The Labute approximate surface area is 208 Å². The highest BCUT2D eigenvalue weighted by Crippen LogP contribution is 2.30. The predicted octanol–water partition coefficient (Wildman–Crippen LogP) is 2.88. The van der Waals surface area contributed by atoms with Gasteiger partial charge in [-0.3, -0.25) is 9.59 Å². The van der Waals surface area contributed by atoms with Gasteiger partial charge in [0.15, 0.2) is 0 Å².